The lowest BCUT2D eigenvalue weighted by Crippen LogP contribution is -2.61. The molecule has 2 N–H and O–H groups in total. The van der Waals surface area contributed by atoms with Crippen LogP contribution in [-0.4, -0.2) is 63.0 Å². The second kappa shape index (κ2) is 9.37. The van der Waals surface area contributed by atoms with E-state index in [0.717, 1.165) is 5.56 Å². The first kappa shape index (κ1) is 23.5. The van der Waals surface area contributed by atoms with Gasteiger partial charge in [-0.25, -0.2) is 0 Å². The van der Waals surface area contributed by atoms with Crippen LogP contribution in [0.25, 0.3) is 0 Å². The molecule has 1 fully saturated rings. The first-order valence-electron chi connectivity index (χ1n) is 9.34. The van der Waals surface area contributed by atoms with Crippen LogP contribution < -0.4 is 0 Å². The van der Waals surface area contributed by atoms with Gasteiger partial charge in [0.05, 0.1) is 6.61 Å². The Hall–Kier alpha value is -0.763. The Kier molecular flexibility index (Phi) is 7.87. The summed E-state index contributed by atoms with van der Waals surface area (Å²) in [5.74, 6) is 2.60. The summed E-state index contributed by atoms with van der Waals surface area (Å²) in [5, 5.41) is 24.9. The molecular weight excluding hydrogens is 396 g/mol. The number of aliphatic hydroxyl groups is 2. The standard InChI is InChI=1S/C20H32O6SSi/c1-8-14(13-9-10-27-12-13)25-18-15(11-24-28(6,7)20(2,3)4)26-19(23-5)17(22)16(18)21/h1,9-10,12,14-19,21-22H,11H2,2-7H3/t14?,15-,16-,17-,18+,19+/m1/s1. The van der Waals surface area contributed by atoms with Gasteiger partial charge in [-0.3, -0.25) is 0 Å². The molecule has 0 amide bonds. The summed E-state index contributed by atoms with van der Waals surface area (Å²) in [6.07, 6.45) is 0.0771. The Morgan fingerprint density at radius 3 is 2.50 bits per heavy atom. The molecule has 1 saturated heterocycles. The molecule has 28 heavy (non-hydrogen) atoms. The molecule has 0 bridgehead atoms. The van der Waals surface area contributed by atoms with Crippen LogP contribution >= 0.6 is 11.3 Å². The summed E-state index contributed by atoms with van der Waals surface area (Å²) in [6.45, 7) is 10.9. The maximum absolute atomic E-state index is 10.7. The smallest absolute Gasteiger partial charge is 0.192 e. The van der Waals surface area contributed by atoms with E-state index in [1.54, 1.807) is 0 Å². The quantitative estimate of drug-likeness (QED) is 0.514. The number of methoxy groups -OCH3 is 1. The van der Waals surface area contributed by atoms with Gasteiger partial charge >= 0.3 is 0 Å². The summed E-state index contributed by atoms with van der Waals surface area (Å²) < 4.78 is 23.4. The molecule has 0 radical (unpaired) electrons. The van der Waals surface area contributed by atoms with Crippen molar-refractivity contribution < 1.29 is 28.8 Å². The number of aliphatic hydroxyl groups excluding tert-OH is 2. The molecule has 1 unspecified atom stereocenters. The zero-order valence-electron chi connectivity index (χ0n) is 17.4. The molecule has 6 nitrogen and oxygen atoms in total. The number of hydrogen-bond donors (Lipinski definition) is 2. The normalized spacial score (nSPS) is 30.0. The van der Waals surface area contributed by atoms with Crippen molar-refractivity contribution in [2.45, 2.75) is 75.7 Å². The molecule has 1 aromatic heterocycles. The average Bonchev–Trinajstić information content (AvgIpc) is 3.15. The highest BCUT2D eigenvalue weighted by molar-refractivity contribution is 7.08. The highest BCUT2D eigenvalue weighted by Crippen LogP contribution is 2.37. The van der Waals surface area contributed by atoms with Crippen LogP contribution in [0, 0.1) is 12.3 Å². The van der Waals surface area contributed by atoms with E-state index in [1.807, 2.05) is 16.8 Å². The zero-order chi connectivity index (χ0) is 21.1. The zero-order valence-corrected chi connectivity index (χ0v) is 19.2. The Labute approximate surface area is 172 Å². The van der Waals surface area contributed by atoms with Gasteiger partial charge in [-0.05, 0) is 35.0 Å². The molecular formula is C20H32O6SSi. The molecule has 0 aliphatic carbocycles. The lowest BCUT2D eigenvalue weighted by Gasteiger charge is -2.44. The first-order chi connectivity index (χ1) is 13.0. The maximum Gasteiger partial charge on any atom is 0.192 e. The van der Waals surface area contributed by atoms with Crippen LogP contribution in [0.15, 0.2) is 16.8 Å². The molecule has 8 heteroatoms. The minimum Gasteiger partial charge on any atom is -0.414 e. The Balaban J connectivity index is 2.21. The molecule has 6 atom stereocenters. The topological polar surface area (TPSA) is 77.4 Å². The number of terminal acetylenes is 1. The van der Waals surface area contributed by atoms with Crippen molar-refractivity contribution in [1.29, 1.82) is 0 Å². The van der Waals surface area contributed by atoms with Crippen molar-refractivity contribution in [1.82, 2.24) is 0 Å². The molecule has 1 aliphatic rings. The number of rotatable bonds is 7. The maximum atomic E-state index is 10.7. The molecule has 1 aliphatic heterocycles. The molecule has 0 spiro atoms. The van der Waals surface area contributed by atoms with Crippen LogP contribution in [0.4, 0.5) is 0 Å². The molecule has 1 aromatic rings. The summed E-state index contributed by atoms with van der Waals surface area (Å²) in [5.41, 5.74) is 0.826. The van der Waals surface area contributed by atoms with E-state index in [9.17, 15) is 10.2 Å². The van der Waals surface area contributed by atoms with E-state index in [0.29, 0.717) is 0 Å². The minimum absolute atomic E-state index is 0.0227. The van der Waals surface area contributed by atoms with E-state index < -0.39 is 45.1 Å². The predicted octanol–water partition coefficient (Wildman–Crippen LogP) is 2.92. The van der Waals surface area contributed by atoms with Gasteiger partial charge < -0.3 is 28.8 Å². The van der Waals surface area contributed by atoms with Gasteiger partial charge in [0.25, 0.3) is 0 Å². The lowest BCUT2D eigenvalue weighted by atomic mass is 9.98. The van der Waals surface area contributed by atoms with Gasteiger partial charge in [0, 0.05) is 12.7 Å². The third-order valence-corrected chi connectivity index (χ3v) is 10.8. The van der Waals surface area contributed by atoms with Crippen LogP contribution in [0.5, 0.6) is 0 Å². The van der Waals surface area contributed by atoms with Crippen LogP contribution in [0.2, 0.25) is 18.1 Å². The third-order valence-electron chi connectivity index (χ3n) is 5.58. The van der Waals surface area contributed by atoms with Gasteiger partial charge in [-0.15, -0.1) is 6.42 Å². The van der Waals surface area contributed by atoms with Gasteiger partial charge in [-0.2, -0.15) is 11.3 Å². The predicted molar refractivity (Wildman–Crippen MR) is 112 cm³/mol. The molecule has 2 heterocycles. The van der Waals surface area contributed by atoms with Crippen LogP contribution in [0.1, 0.15) is 32.4 Å². The Bertz CT molecular complexity index is 651. The van der Waals surface area contributed by atoms with E-state index in [4.69, 9.17) is 25.1 Å². The van der Waals surface area contributed by atoms with Gasteiger partial charge in [0.15, 0.2) is 14.6 Å². The van der Waals surface area contributed by atoms with Gasteiger partial charge in [-0.1, -0.05) is 26.7 Å². The number of thiophene rings is 1. The summed E-state index contributed by atoms with van der Waals surface area (Å²) in [7, 11) is -0.630. The van der Waals surface area contributed by atoms with E-state index in [2.05, 4.69) is 39.8 Å². The highest BCUT2D eigenvalue weighted by atomic mass is 32.1. The Morgan fingerprint density at radius 2 is 2.00 bits per heavy atom. The van der Waals surface area contributed by atoms with Crippen molar-refractivity contribution in [2.75, 3.05) is 13.7 Å². The largest absolute Gasteiger partial charge is 0.414 e. The molecule has 158 valence electrons. The van der Waals surface area contributed by atoms with Gasteiger partial charge in [0.2, 0.25) is 0 Å². The summed E-state index contributed by atoms with van der Waals surface area (Å²) >= 11 is 1.51. The lowest BCUT2D eigenvalue weighted by molar-refractivity contribution is -0.304. The third kappa shape index (κ3) is 5.23. The fourth-order valence-corrected chi connectivity index (χ4v) is 4.39. The number of hydrogen-bond acceptors (Lipinski definition) is 7. The van der Waals surface area contributed by atoms with Crippen LogP contribution in [-0.2, 0) is 18.6 Å². The number of ether oxygens (including phenoxy) is 3. The Morgan fingerprint density at radius 1 is 1.32 bits per heavy atom. The van der Waals surface area contributed by atoms with E-state index in [-0.39, 0.29) is 11.6 Å². The van der Waals surface area contributed by atoms with Crippen molar-refractivity contribution in [2.24, 2.45) is 0 Å². The van der Waals surface area contributed by atoms with E-state index >= 15 is 0 Å². The van der Waals surface area contributed by atoms with Crippen molar-refractivity contribution in [3.63, 3.8) is 0 Å². The molecule has 0 aromatic carbocycles. The fourth-order valence-electron chi connectivity index (χ4n) is 2.71. The monoisotopic (exact) mass is 428 g/mol. The molecule has 2 rings (SSSR count). The highest BCUT2D eigenvalue weighted by Gasteiger charge is 2.48. The van der Waals surface area contributed by atoms with Gasteiger partial charge in [0.1, 0.15) is 30.5 Å². The minimum atomic E-state index is -2.05. The molecule has 0 saturated carbocycles. The van der Waals surface area contributed by atoms with Crippen molar-refractivity contribution in [3.8, 4) is 12.3 Å². The first-order valence-corrected chi connectivity index (χ1v) is 13.2. The van der Waals surface area contributed by atoms with E-state index in [1.165, 1.54) is 18.4 Å². The SMILES string of the molecule is C#CC(O[C@@H]1[C@H](O)[C@@H](O)[C@@H](OC)O[C@@H]1CO[Si](C)(C)C(C)(C)C)c1ccsc1. The fraction of sp³-hybridized carbons (Fsp3) is 0.700. The second-order valence-electron chi connectivity index (χ2n) is 8.54. The van der Waals surface area contributed by atoms with Crippen molar-refractivity contribution >= 4 is 19.7 Å². The summed E-state index contributed by atoms with van der Waals surface area (Å²) in [4.78, 5) is 0. The average molecular weight is 429 g/mol. The second-order valence-corrected chi connectivity index (χ2v) is 14.1. The van der Waals surface area contributed by atoms with Crippen molar-refractivity contribution in [3.05, 3.63) is 22.4 Å². The summed E-state index contributed by atoms with van der Waals surface area (Å²) in [6, 6.07) is 1.88. The van der Waals surface area contributed by atoms with Crippen LogP contribution in [0.3, 0.4) is 0 Å².